The molecule has 0 aromatic heterocycles. The molecule has 1 nitrogen and oxygen atoms in total. The van der Waals surface area contributed by atoms with Crippen LogP contribution >= 0.6 is 50.1 Å². The van der Waals surface area contributed by atoms with Crippen molar-refractivity contribution >= 4 is 50.1 Å². The Labute approximate surface area is 138 Å². The Hall–Kier alpha value is -0.170. The van der Waals surface area contributed by atoms with Crippen molar-refractivity contribution in [1.29, 1.82) is 0 Å². The molecule has 2 aromatic rings. The van der Waals surface area contributed by atoms with Crippen LogP contribution < -0.4 is 5.73 Å². The highest BCUT2D eigenvalue weighted by atomic mass is 127. The maximum atomic E-state index is 13.3. The molecule has 0 radical (unpaired) electrons. The van der Waals surface area contributed by atoms with E-state index >= 15 is 0 Å². The number of nitrogens with two attached hydrogens (primary N) is 1. The molecule has 0 bridgehead atoms. The fraction of sp³-hybridized carbons (Fsp3) is 0.143. The minimum Gasteiger partial charge on any atom is -0.324 e. The fourth-order valence-corrected chi connectivity index (χ4v) is 2.88. The van der Waals surface area contributed by atoms with Crippen LogP contribution in [0.25, 0.3) is 0 Å². The first-order valence-electron chi connectivity index (χ1n) is 5.61. The lowest BCUT2D eigenvalue weighted by Gasteiger charge is -2.13. The third kappa shape index (κ3) is 4.15. The fourth-order valence-electron chi connectivity index (χ4n) is 1.84. The summed E-state index contributed by atoms with van der Waals surface area (Å²) in [6.45, 7) is 0. The second kappa shape index (κ2) is 6.52. The summed E-state index contributed by atoms with van der Waals surface area (Å²) in [5.41, 5.74) is 7.95. The van der Waals surface area contributed by atoms with Gasteiger partial charge in [-0.1, -0.05) is 33.6 Å². The maximum absolute atomic E-state index is 13.3. The van der Waals surface area contributed by atoms with Crippen molar-refractivity contribution in [3.8, 4) is 0 Å². The van der Waals surface area contributed by atoms with E-state index < -0.39 is 0 Å². The molecule has 0 saturated carbocycles. The Balaban J connectivity index is 2.20. The summed E-state index contributed by atoms with van der Waals surface area (Å²) >= 11 is 11.5. The lowest BCUT2D eigenvalue weighted by Crippen LogP contribution is -2.13. The zero-order valence-electron chi connectivity index (χ0n) is 9.84. The Kier molecular flexibility index (Phi) is 5.22. The van der Waals surface area contributed by atoms with Crippen molar-refractivity contribution in [3.05, 3.63) is 66.4 Å². The maximum Gasteiger partial charge on any atom is 0.124 e. The normalized spacial score (nSPS) is 12.5. The molecule has 1 unspecified atom stereocenters. The van der Waals surface area contributed by atoms with Gasteiger partial charge in [-0.15, -0.1) is 0 Å². The average Bonchev–Trinajstić information content (AvgIpc) is 2.31. The lowest BCUT2D eigenvalue weighted by atomic mass is 10.00. The summed E-state index contributed by atoms with van der Waals surface area (Å²) in [6.07, 6.45) is 0.563. The molecular weight excluding hydrogens is 443 g/mol. The van der Waals surface area contributed by atoms with Crippen LogP contribution in [0.2, 0.25) is 5.02 Å². The quantitative estimate of drug-likeness (QED) is 0.643. The van der Waals surface area contributed by atoms with Crippen LogP contribution in [0.15, 0.2) is 40.9 Å². The molecule has 0 aliphatic heterocycles. The summed E-state index contributed by atoms with van der Waals surface area (Å²) in [5.74, 6) is -0.266. The van der Waals surface area contributed by atoms with Crippen molar-refractivity contribution in [2.45, 2.75) is 12.5 Å². The highest BCUT2D eigenvalue weighted by molar-refractivity contribution is 14.1. The molecule has 0 saturated heterocycles. The second-order valence-corrected chi connectivity index (χ2v) is 6.75. The number of halogens is 4. The van der Waals surface area contributed by atoms with Gasteiger partial charge in [0.2, 0.25) is 0 Å². The standard InChI is InChI=1S/C14H11BrClFIN/c15-10-3-8(4-11(17)7-10)5-14(19)9-1-2-13(18)12(16)6-9/h1-4,6-7,14H,5,19H2. The average molecular weight is 455 g/mol. The molecule has 0 aliphatic rings. The first-order valence-corrected chi connectivity index (χ1v) is 7.86. The minimum absolute atomic E-state index is 0.205. The summed E-state index contributed by atoms with van der Waals surface area (Å²) < 4.78 is 15.0. The first kappa shape index (κ1) is 15.2. The highest BCUT2D eigenvalue weighted by Gasteiger charge is 2.10. The van der Waals surface area contributed by atoms with Crippen molar-refractivity contribution < 1.29 is 4.39 Å². The molecule has 2 aromatic carbocycles. The van der Waals surface area contributed by atoms with Crippen LogP contribution in [0.4, 0.5) is 4.39 Å². The lowest BCUT2D eigenvalue weighted by molar-refractivity contribution is 0.621. The SMILES string of the molecule is NC(Cc1cc(F)cc(Br)c1)c1ccc(I)c(Cl)c1. The molecule has 100 valence electrons. The molecule has 0 fully saturated rings. The van der Waals surface area contributed by atoms with Gasteiger partial charge in [0.1, 0.15) is 5.82 Å². The highest BCUT2D eigenvalue weighted by Crippen LogP contribution is 2.25. The molecule has 0 aliphatic carbocycles. The molecule has 0 heterocycles. The van der Waals surface area contributed by atoms with Gasteiger partial charge in [0.15, 0.2) is 0 Å². The summed E-state index contributed by atoms with van der Waals surface area (Å²) in [7, 11) is 0. The van der Waals surface area contributed by atoms with Crippen LogP contribution in [-0.2, 0) is 6.42 Å². The monoisotopic (exact) mass is 453 g/mol. The van der Waals surface area contributed by atoms with E-state index in [1.807, 2.05) is 24.3 Å². The summed E-state index contributed by atoms with van der Waals surface area (Å²) in [5, 5.41) is 0.689. The van der Waals surface area contributed by atoms with Crippen molar-refractivity contribution in [2.24, 2.45) is 5.73 Å². The van der Waals surface area contributed by atoms with Crippen molar-refractivity contribution in [3.63, 3.8) is 0 Å². The molecular formula is C14H11BrClFIN. The molecule has 2 N–H and O–H groups in total. The van der Waals surface area contributed by atoms with Gasteiger partial charge in [0.05, 0.1) is 5.02 Å². The Morgan fingerprint density at radius 1 is 1.26 bits per heavy atom. The molecule has 5 heteroatoms. The van der Waals surface area contributed by atoms with Gasteiger partial charge < -0.3 is 5.73 Å². The number of benzene rings is 2. The zero-order chi connectivity index (χ0) is 14.0. The third-order valence-electron chi connectivity index (χ3n) is 2.75. The predicted octanol–water partition coefficient (Wildman–Crippen LogP) is 5.09. The van der Waals surface area contributed by atoms with E-state index in [0.717, 1.165) is 19.2 Å². The number of hydrogen-bond acceptors (Lipinski definition) is 1. The van der Waals surface area contributed by atoms with E-state index in [4.69, 9.17) is 17.3 Å². The largest absolute Gasteiger partial charge is 0.324 e. The van der Waals surface area contributed by atoms with Crippen LogP contribution in [0, 0.1) is 9.39 Å². The van der Waals surface area contributed by atoms with Gasteiger partial charge in [-0.2, -0.15) is 0 Å². The smallest absolute Gasteiger partial charge is 0.124 e. The van der Waals surface area contributed by atoms with Gasteiger partial charge in [-0.05, 0) is 70.5 Å². The second-order valence-electron chi connectivity index (χ2n) is 4.26. The van der Waals surface area contributed by atoms with Gasteiger partial charge in [0.25, 0.3) is 0 Å². The van der Waals surface area contributed by atoms with E-state index in [2.05, 4.69) is 38.5 Å². The Morgan fingerprint density at radius 2 is 2.00 bits per heavy atom. The van der Waals surface area contributed by atoms with Gasteiger partial charge in [-0.3, -0.25) is 0 Å². The van der Waals surface area contributed by atoms with E-state index in [0.29, 0.717) is 11.4 Å². The van der Waals surface area contributed by atoms with Gasteiger partial charge >= 0.3 is 0 Å². The Bertz CT molecular complexity index is 586. The van der Waals surface area contributed by atoms with Crippen molar-refractivity contribution in [1.82, 2.24) is 0 Å². The van der Waals surface area contributed by atoms with E-state index in [-0.39, 0.29) is 11.9 Å². The number of rotatable bonds is 3. The zero-order valence-corrected chi connectivity index (χ0v) is 14.3. The molecule has 0 spiro atoms. The Morgan fingerprint density at radius 3 is 2.63 bits per heavy atom. The van der Waals surface area contributed by atoms with E-state index in [1.165, 1.54) is 12.1 Å². The summed E-state index contributed by atoms with van der Waals surface area (Å²) in [6, 6.07) is 10.3. The van der Waals surface area contributed by atoms with Crippen LogP contribution in [0.1, 0.15) is 17.2 Å². The topological polar surface area (TPSA) is 26.0 Å². The third-order valence-corrected chi connectivity index (χ3v) is 4.78. The van der Waals surface area contributed by atoms with Crippen LogP contribution in [-0.4, -0.2) is 0 Å². The molecule has 0 amide bonds. The molecule has 2 rings (SSSR count). The van der Waals surface area contributed by atoms with Gasteiger partial charge in [-0.25, -0.2) is 4.39 Å². The predicted molar refractivity (Wildman–Crippen MR) is 88.9 cm³/mol. The van der Waals surface area contributed by atoms with Crippen molar-refractivity contribution in [2.75, 3.05) is 0 Å². The first-order chi connectivity index (χ1) is 8.95. The van der Waals surface area contributed by atoms with Crippen LogP contribution in [0.5, 0.6) is 0 Å². The minimum atomic E-state index is -0.266. The van der Waals surface area contributed by atoms with Gasteiger partial charge in [0, 0.05) is 14.1 Å². The summed E-state index contributed by atoms with van der Waals surface area (Å²) in [4.78, 5) is 0. The molecule has 1 atom stereocenters. The molecule has 19 heavy (non-hydrogen) atoms. The number of hydrogen-bond donors (Lipinski definition) is 1. The van der Waals surface area contributed by atoms with E-state index in [9.17, 15) is 4.39 Å². The van der Waals surface area contributed by atoms with Crippen LogP contribution in [0.3, 0.4) is 0 Å². The van der Waals surface area contributed by atoms with E-state index in [1.54, 1.807) is 0 Å².